The van der Waals surface area contributed by atoms with E-state index < -0.39 is 0 Å². The van der Waals surface area contributed by atoms with Gasteiger partial charge in [0.1, 0.15) is 17.3 Å². The highest BCUT2D eigenvalue weighted by Gasteiger charge is 2.19. The van der Waals surface area contributed by atoms with Gasteiger partial charge in [-0.15, -0.1) is 0 Å². The molecular weight excluding hydrogens is 466 g/mol. The number of para-hydroxylation sites is 2. The van der Waals surface area contributed by atoms with Crippen molar-refractivity contribution in [2.75, 3.05) is 0 Å². The third-order valence-corrected chi connectivity index (χ3v) is 7.47. The summed E-state index contributed by atoms with van der Waals surface area (Å²) in [6.45, 7) is 0. The predicted molar refractivity (Wildman–Crippen MR) is 155 cm³/mol. The molecule has 0 aliphatic rings. The van der Waals surface area contributed by atoms with E-state index in [9.17, 15) is 0 Å². The molecule has 180 valence electrons. The molecule has 3 aromatic carbocycles. The summed E-state index contributed by atoms with van der Waals surface area (Å²) >= 11 is 0. The standard InChI is InChI=1S/C33H23N5/c1-36-21-26(22-10-3-2-4-11-22)32-29(36)20-25-24-13-6-8-15-28(24)38(33(25)35-32)31-17-9-16-30(34-31)37-19-18-23-12-5-7-14-27(23)37/h2-21H,1H3. The van der Waals surface area contributed by atoms with Crippen LogP contribution in [0.5, 0.6) is 0 Å². The number of hydrogen-bond donors (Lipinski definition) is 0. The van der Waals surface area contributed by atoms with Gasteiger partial charge in [0.25, 0.3) is 0 Å². The van der Waals surface area contributed by atoms with Crippen LogP contribution in [0.1, 0.15) is 0 Å². The molecule has 0 N–H and O–H groups in total. The van der Waals surface area contributed by atoms with Crippen molar-refractivity contribution in [3.8, 4) is 22.8 Å². The Morgan fingerprint density at radius 2 is 1.37 bits per heavy atom. The van der Waals surface area contributed by atoms with Gasteiger partial charge in [-0.25, -0.2) is 9.97 Å². The average Bonchev–Trinajstić information content (AvgIpc) is 3.64. The van der Waals surface area contributed by atoms with Crippen LogP contribution in [0, 0.1) is 0 Å². The molecule has 0 spiro atoms. The highest BCUT2D eigenvalue weighted by atomic mass is 15.2. The Labute approximate surface area is 218 Å². The number of fused-ring (bicyclic) bond motifs is 5. The maximum atomic E-state index is 5.33. The van der Waals surface area contributed by atoms with Gasteiger partial charge in [0.15, 0.2) is 0 Å². The number of benzene rings is 3. The van der Waals surface area contributed by atoms with Crippen molar-refractivity contribution in [3.05, 3.63) is 122 Å². The molecule has 38 heavy (non-hydrogen) atoms. The number of hydrogen-bond acceptors (Lipinski definition) is 2. The highest BCUT2D eigenvalue weighted by molar-refractivity contribution is 6.12. The normalized spacial score (nSPS) is 11.8. The van der Waals surface area contributed by atoms with Crippen molar-refractivity contribution in [1.29, 1.82) is 0 Å². The molecule has 0 radical (unpaired) electrons. The number of rotatable bonds is 3. The third-order valence-electron chi connectivity index (χ3n) is 7.47. The zero-order valence-corrected chi connectivity index (χ0v) is 20.8. The van der Waals surface area contributed by atoms with Crippen LogP contribution in [0.15, 0.2) is 122 Å². The first-order valence-corrected chi connectivity index (χ1v) is 12.7. The van der Waals surface area contributed by atoms with Crippen molar-refractivity contribution in [1.82, 2.24) is 23.7 Å². The molecule has 5 nitrogen and oxygen atoms in total. The number of aromatic nitrogens is 5. The monoisotopic (exact) mass is 489 g/mol. The number of pyridine rings is 2. The van der Waals surface area contributed by atoms with Crippen molar-refractivity contribution in [2.45, 2.75) is 0 Å². The fourth-order valence-electron chi connectivity index (χ4n) is 5.68. The second-order valence-corrected chi connectivity index (χ2v) is 9.70. The van der Waals surface area contributed by atoms with Gasteiger partial charge >= 0.3 is 0 Å². The van der Waals surface area contributed by atoms with Crippen molar-refractivity contribution < 1.29 is 0 Å². The molecule has 8 aromatic rings. The lowest BCUT2D eigenvalue weighted by atomic mass is 10.1. The molecule has 0 fully saturated rings. The summed E-state index contributed by atoms with van der Waals surface area (Å²) in [5, 5.41) is 3.48. The molecule has 0 unspecified atom stereocenters. The van der Waals surface area contributed by atoms with Crippen LogP contribution in [0.2, 0.25) is 0 Å². The first-order valence-electron chi connectivity index (χ1n) is 12.7. The quantitative estimate of drug-likeness (QED) is 0.255. The summed E-state index contributed by atoms with van der Waals surface area (Å²) in [6, 6.07) is 37.9. The summed E-state index contributed by atoms with van der Waals surface area (Å²) < 4.78 is 6.51. The van der Waals surface area contributed by atoms with Crippen LogP contribution in [0.4, 0.5) is 0 Å². The lowest BCUT2D eigenvalue weighted by molar-refractivity contribution is 0.969. The zero-order chi connectivity index (χ0) is 25.2. The van der Waals surface area contributed by atoms with Crippen molar-refractivity contribution in [3.63, 3.8) is 0 Å². The maximum Gasteiger partial charge on any atom is 0.147 e. The first kappa shape index (κ1) is 21.0. The molecule has 0 amide bonds. The van der Waals surface area contributed by atoms with Crippen LogP contribution < -0.4 is 0 Å². The summed E-state index contributed by atoms with van der Waals surface area (Å²) in [4.78, 5) is 10.5. The van der Waals surface area contributed by atoms with Crippen molar-refractivity contribution in [2.24, 2.45) is 7.05 Å². The van der Waals surface area contributed by atoms with Crippen LogP contribution in [0.25, 0.3) is 66.6 Å². The van der Waals surface area contributed by atoms with Crippen LogP contribution in [0.3, 0.4) is 0 Å². The summed E-state index contributed by atoms with van der Waals surface area (Å²) in [5.74, 6) is 1.72. The van der Waals surface area contributed by atoms with E-state index in [1.807, 2.05) is 6.07 Å². The summed E-state index contributed by atoms with van der Waals surface area (Å²) in [7, 11) is 2.09. The minimum atomic E-state index is 0.843. The molecule has 0 aliphatic carbocycles. The molecule has 0 bridgehead atoms. The van der Waals surface area contributed by atoms with E-state index in [2.05, 4.69) is 136 Å². The Morgan fingerprint density at radius 3 is 2.26 bits per heavy atom. The molecule has 5 heteroatoms. The van der Waals surface area contributed by atoms with Gasteiger partial charge in [-0.1, -0.05) is 72.8 Å². The van der Waals surface area contributed by atoms with Gasteiger partial charge in [-0.3, -0.25) is 4.57 Å². The Kier molecular flexibility index (Phi) is 4.37. The van der Waals surface area contributed by atoms with Gasteiger partial charge in [0, 0.05) is 35.8 Å². The molecule has 5 aromatic heterocycles. The average molecular weight is 490 g/mol. The SMILES string of the molecule is Cn1cc(-c2ccccc2)c2nc3c(cc21)c1ccccc1n3-c1cccc(-n2ccc3ccccc32)n1. The number of aryl methyl sites for hydroxylation is 1. The fraction of sp³-hybridized carbons (Fsp3) is 0.0303. The molecule has 0 saturated heterocycles. The molecule has 0 atom stereocenters. The minimum absolute atomic E-state index is 0.843. The molecular formula is C33H23N5. The van der Waals surface area contributed by atoms with Crippen LogP contribution >= 0.6 is 0 Å². The fourth-order valence-corrected chi connectivity index (χ4v) is 5.68. The lowest BCUT2D eigenvalue weighted by Gasteiger charge is -2.10. The summed E-state index contributed by atoms with van der Waals surface area (Å²) in [6.07, 6.45) is 4.26. The second kappa shape index (κ2) is 7.92. The van der Waals surface area contributed by atoms with Crippen LogP contribution in [-0.2, 0) is 7.05 Å². The Bertz CT molecular complexity index is 2140. The van der Waals surface area contributed by atoms with E-state index in [1.54, 1.807) is 0 Å². The minimum Gasteiger partial charge on any atom is -0.349 e. The van der Waals surface area contributed by atoms with E-state index in [-0.39, 0.29) is 0 Å². The van der Waals surface area contributed by atoms with E-state index in [0.717, 1.165) is 61.2 Å². The largest absolute Gasteiger partial charge is 0.349 e. The third kappa shape index (κ3) is 2.99. The molecule has 0 saturated carbocycles. The Morgan fingerprint density at radius 1 is 0.605 bits per heavy atom. The topological polar surface area (TPSA) is 40.6 Å². The smallest absolute Gasteiger partial charge is 0.147 e. The molecule has 8 rings (SSSR count). The number of nitrogens with zero attached hydrogens (tertiary/aromatic N) is 5. The van der Waals surface area contributed by atoms with Gasteiger partial charge in [0.2, 0.25) is 0 Å². The highest BCUT2D eigenvalue weighted by Crippen LogP contribution is 2.36. The van der Waals surface area contributed by atoms with Gasteiger partial charge in [-0.05, 0) is 47.3 Å². The summed E-state index contributed by atoms with van der Waals surface area (Å²) in [5.41, 5.74) is 7.52. The predicted octanol–water partition coefficient (Wildman–Crippen LogP) is 7.68. The van der Waals surface area contributed by atoms with E-state index >= 15 is 0 Å². The van der Waals surface area contributed by atoms with Crippen LogP contribution in [-0.4, -0.2) is 23.7 Å². The Balaban J connectivity index is 1.42. The van der Waals surface area contributed by atoms with Gasteiger partial charge in [-0.2, -0.15) is 0 Å². The maximum absolute atomic E-state index is 5.33. The zero-order valence-electron chi connectivity index (χ0n) is 20.8. The second-order valence-electron chi connectivity index (χ2n) is 9.70. The van der Waals surface area contributed by atoms with Gasteiger partial charge < -0.3 is 9.13 Å². The first-order chi connectivity index (χ1) is 18.8. The molecule has 0 aliphatic heterocycles. The molecule has 5 heterocycles. The Hall–Kier alpha value is -5.16. The lowest BCUT2D eigenvalue weighted by Crippen LogP contribution is -2.03. The van der Waals surface area contributed by atoms with E-state index in [4.69, 9.17) is 9.97 Å². The van der Waals surface area contributed by atoms with Gasteiger partial charge in [0.05, 0.1) is 22.1 Å². The van der Waals surface area contributed by atoms with E-state index in [0.29, 0.717) is 0 Å². The van der Waals surface area contributed by atoms with Crippen molar-refractivity contribution >= 4 is 43.9 Å². The van der Waals surface area contributed by atoms with E-state index in [1.165, 1.54) is 5.39 Å².